The third-order valence-electron chi connectivity index (χ3n) is 7.11. The lowest BCUT2D eigenvalue weighted by atomic mass is 10.0. The maximum atomic E-state index is 6.18. The number of likely N-dealkylation sites (tertiary alicyclic amines) is 1. The quantitative estimate of drug-likeness (QED) is 0.625. The summed E-state index contributed by atoms with van der Waals surface area (Å²) >= 11 is 0. The van der Waals surface area contributed by atoms with Gasteiger partial charge in [-0.25, -0.2) is 4.98 Å². The standard InChI is InChI=1S/C25H35N3O2/c1-29-23-16-21-19-10-6-11-20(19)25(26-18-8-2-3-9-18)27-22(21)17-24(23)30-15-7-14-28-12-4-5-13-28/h16-18H,2-15H2,1H3,(H,26,27). The molecule has 1 aromatic carbocycles. The van der Waals surface area contributed by atoms with Crippen LogP contribution in [-0.2, 0) is 12.8 Å². The van der Waals surface area contributed by atoms with Gasteiger partial charge in [-0.05, 0) is 81.6 Å². The van der Waals surface area contributed by atoms with E-state index >= 15 is 0 Å². The molecule has 1 aliphatic heterocycles. The van der Waals surface area contributed by atoms with Crippen LogP contribution in [0.25, 0.3) is 10.9 Å². The highest BCUT2D eigenvalue weighted by Crippen LogP contribution is 2.39. The molecule has 1 saturated carbocycles. The molecule has 2 fully saturated rings. The third kappa shape index (κ3) is 4.09. The van der Waals surface area contributed by atoms with Crippen molar-refractivity contribution in [1.29, 1.82) is 0 Å². The van der Waals surface area contributed by atoms with Crippen LogP contribution in [0.2, 0.25) is 0 Å². The van der Waals surface area contributed by atoms with E-state index in [2.05, 4.69) is 22.3 Å². The SMILES string of the molecule is COc1cc2c3c(c(NC4CCCC4)nc2cc1OCCCN1CCCC1)CCC3. The Balaban J connectivity index is 1.38. The Hall–Kier alpha value is -2.01. The number of aromatic nitrogens is 1. The van der Waals surface area contributed by atoms with Crippen LogP contribution in [0.4, 0.5) is 5.82 Å². The first-order chi connectivity index (χ1) is 14.8. The molecule has 2 aromatic rings. The fraction of sp³-hybridized carbons (Fsp3) is 0.640. The zero-order valence-electron chi connectivity index (χ0n) is 18.3. The van der Waals surface area contributed by atoms with E-state index in [1.54, 1.807) is 7.11 Å². The summed E-state index contributed by atoms with van der Waals surface area (Å²) in [6.45, 7) is 4.32. The molecular formula is C25H35N3O2. The van der Waals surface area contributed by atoms with Gasteiger partial charge in [0.1, 0.15) is 5.82 Å². The number of aryl methyl sites for hydroxylation is 1. The predicted molar refractivity (Wildman–Crippen MR) is 122 cm³/mol. The van der Waals surface area contributed by atoms with Crippen molar-refractivity contribution in [1.82, 2.24) is 9.88 Å². The van der Waals surface area contributed by atoms with Crippen LogP contribution in [0.3, 0.4) is 0 Å². The molecule has 1 saturated heterocycles. The second-order valence-electron chi connectivity index (χ2n) is 9.17. The van der Waals surface area contributed by atoms with Gasteiger partial charge < -0.3 is 19.7 Å². The van der Waals surface area contributed by atoms with Gasteiger partial charge in [0.15, 0.2) is 11.5 Å². The van der Waals surface area contributed by atoms with Gasteiger partial charge in [-0.15, -0.1) is 0 Å². The lowest BCUT2D eigenvalue weighted by molar-refractivity contribution is 0.254. The van der Waals surface area contributed by atoms with E-state index < -0.39 is 0 Å². The van der Waals surface area contributed by atoms with Crippen LogP contribution >= 0.6 is 0 Å². The Morgan fingerprint density at radius 1 is 1.00 bits per heavy atom. The van der Waals surface area contributed by atoms with Gasteiger partial charge in [0, 0.05) is 24.0 Å². The van der Waals surface area contributed by atoms with E-state index in [1.807, 2.05) is 0 Å². The van der Waals surface area contributed by atoms with Gasteiger partial charge >= 0.3 is 0 Å². The largest absolute Gasteiger partial charge is 0.493 e. The highest BCUT2D eigenvalue weighted by molar-refractivity contribution is 5.89. The Bertz CT molecular complexity index is 886. The summed E-state index contributed by atoms with van der Waals surface area (Å²) in [4.78, 5) is 7.62. The lowest BCUT2D eigenvalue weighted by Crippen LogP contribution is -2.21. The molecule has 0 unspecified atom stereocenters. The maximum Gasteiger partial charge on any atom is 0.163 e. The van der Waals surface area contributed by atoms with Crippen LogP contribution in [0.1, 0.15) is 62.5 Å². The summed E-state index contributed by atoms with van der Waals surface area (Å²) in [5, 5.41) is 5.01. The highest BCUT2D eigenvalue weighted by Gasteiger charge is 2.24. The normalized spacial score (nSPS) is 19.5. The monoisotopic (exact) mass is 409 g/mol. The van der Waals surface area contributed by atoms with Crippen molar-refractivity contribution in [2.45, 2.75) is 70.3 Å². The van der Waals surface area contributed by atoms with Gasteiger partial charge in [-0.2, -0.15) is 0 Å². The number of nitrogens with one attached hydrogen (secondary N) is 1. The first-order valence-corrected chi connectivity index (χ1v) is 12.0. The van der Waals surface area contributed by atoms with Crippen LogP contribution in [0.5, 0.6) is 11.5 Å². The summed E-state index contributed by atoms with van der Waals surface area (Å²) in [6.07, 6.45) is 12.4. The number of anilines is 1. The fourth-order valence-corrected chi connectivity index (χ4v) is 5.51. The van der Waals surface area contributed by atoms with Crippen LogP contribution < -0.4 is 14.8 Å². The summed E-state index contributed by atoms with van der Waals surface area (Å²) in [6, 6.07) is 4.84. The van der Waals surface area contributed by atoms with Crippen molar-refractivity contribution < 1.29 is 9.47 Å². The average Bonchev–Trinajstić information content (AvgIpc) is 3.53. The van der Waals surface area contributed by atoms with Gasteiger partial charge in [-0.3, -0.25) is 0 Å². The molecule has 1 aromatic heterocycles. The zero-order chi connectivity index (χ0) is 20.3. The molecule has 30 heavy (non-hydrogen) atoms. The molecule has 0 atom stereocenters. The number of hydrogen-bond donors (Lipinski definition) is 1. The first kappa shape index (κ1) is 19.9. The Kier molecular flexibility index (Phi) is 5.98. The number of nitrogens with zero attached hydrogens (tertiary/aromatic N) is 2. The molecule has 2 aliphatic carbocycles. The van der Waals surface area contributed by atoms with Gasteiger partial charge in [0.2, 0.25) is 0 Å². The minimum atomic E-state index is 0.583. The predicted octanol–water partition coefficient (Wildman–Crippen LogP) is 4.95. The molecule has 3 aliphatic rings. The lowest BCUT2D eigenvalue weighted by Gasteiger charge is -2.19. The van der Waals surface area contributed by atoms with E-state index in [0.29, 0.717) is 6.04 Å². The molecule has 0 amide bonds. The number of fused-ring (bicyclic) bond motifs is 3. The minimum Gasteiger partial charge on any atom is -0.493 e. The first-order valence-electron chi connectivity index (χ1n) is 12.0. The molecule has 0 bridgehead atoms. The van der Waals surface area contributed by atoms with Crippen molar-refractivity contribution in [2.75, 3.05) is 38.7 Å². The smallest absolute Gasteiger partial charge is 0.163 e. The third-order valence-corrected chi connectivity index (χ3v) is 7.11. The van der Waals surface area contributed by atoms with E-state index in [4.69, 9.17) is 14.5 Å². The average molecular weight is 410 g/mol. The number of ether oxygens (including phenoxy) is 2. The molecule has 1 N–H and O–H groups in total. The number of pyridine rings is 1. The molecule has 5 heteroatoms. The van der Waals surface area contributed by atoms with Crippen LogP contribution in [0.15, 0.2) is 12.1 Å². The van der Waals surface area contributed by atoms with Gasteiger partial charge in [-0.1, -0.05) is 12.8 Å². The summed E-state index contributed by atoms with van der Waals surface area (Å²) in [7, 11) is 1.74. The Morgan fingerprint density at radius 3 is 2.60 bits per heavy atom. The molecule has 162 valence electrons. The topological polar surface area (TPSA) is 46.6 Å². The zero-order valence-corrected chi connectivity index (χ0v) is 18.3. The molecule has 0 radical (unpaired) electrons. The Morgan fingerprint density at radius 2 is 1.80 bits per heavy atom. The van der Waals surface area contributed by atoms with E-state index in [0.717, 1.165) is 55.2 Å². The Labute approximate surface area is 180 Å². The molecule has 5 rings (SSSR count). The van der Waals surface area contributed by atoms with Crippen LogP contribution in [-0.4, -0.2) is 49.3 Å². The highest BCUT2D eigenvalue weighted by atomic mass is 16.5. The number of methoxy groups -OCH3 is 1. The summed E-state index contributed by atoms with van der Waals surface area (Å²) < 4.78 is 11.9. The molecular weight excluding hydrogens is 374 g/mol. The summed E-state index contributed by atoms with van der Waals surface area (Å²) in [5.41, 5.74) is 3.92. The molecule has 2 heterocycles. The van der Waals surface area contributed by atoms with Gasteiger partial charge in [0.25, 0.3) is 0 Å². The van der Waals surface area contributed by atoms with E-state index in [9.17, 15) is 0 Å². The maximum absolute atomic E-state index is 6.18. The van der Waals surface area contributed by atoms with Crippen molar-refractivity contribution >= 4 is 16.7 Å². The number of hydrogen-bond acceptors (Lipinski definition) is 5. The minimum absolute atomic E-state index is 0.583. The molecule has 0 spiro atoms. The molecule has 5 nitrogen and oxygen atoms in total. The summed E-state index contributed by atoms with van der Waals surface area (Å²) in [5.74, 6) is 2.77. The second kappa shape index (κ2) is 9.01. The van der Waals surface area contributed by atoms with Crippen molar-refractivity contribution in [2.24, 2.45) is 0 Å². The van der Waals surface area contributed by atoms with E-state index in [1.165, 1.54) is 74.5 Å². The van der Waals surface area contributed by atoms with Crippen molar-refractivity contribution in [3.05, 3.63) is 23.3 Å². The van der Waals surface area contributed by atoms with Crippen LogP contribution in [0, 0.1) is 0 Å². The van der Waals surface area contributed by atoms with Crippen molar-refractivity contribution in [3.63, 3.8) is 0 Å². The van der Waals surface area contributed by atoms with E-state index in [-0.39, 0.29) is 0 Å². The second-order valence-corrected chi connectivity index (χ2v) is 9.17. The number of benzene rings is 1. The van der Waals surface area contributed by atoms with Gasteiger partial charge in [0.05, 0.1) is 19.2 Å². The number of rotatable bonds is 8. The fourth-order valence-electron chi connectivity index (χ4n) is 5.51. The van der Waals surface area contributed by atoms with Crippen molar-refractivity contribution in [3.8, 4) is 11.5 Å².